The van der Waals surface area contributed by atoms with E-state index in [1.54, 1.807) is 0 Å². The van der Waals surface area contributed by atoms with Crippen LogP contribution in [-0.2, 0) is 9.53 Å². The highest BCUT2D eigenvalue weighted by Crippen LogP contribution is 2.29. The summed E-state index contributed by atoms with van der Waals surface area (Å²) in [5.41, 5.74) is 0. The summed E-state index contributed by atoms with van der Waals surface area (Å²) in [6.07, 6.45) is 11.7. The number of nitrogens with one attached hydrogen (secondary N) is 1. The van der Waals surface area contributed by atoms with Gasteiger partial charge in [0.1, 0.15) is 12.7 Å². The lowest BCUT2D eigenvalue weighted by Gasteiger charge is -2.44. The van der Waals surface area contributed by atoms with Crippen LogP contribution in [0, 0.1) is 11.1 Å². The molecule has 3 unspecified atom stereocenters. The number of esters is 1. The number of unbranched alkanes of at least 4 members (excludes halogenated alkanes) is 3. The van der Waals surface area contributed by atoms with Crippen LogP contribution in [0.4, 0.5) is 0 Å². The molecule has 0 aromatic heterocycles. The highest BCUT2D eigenvalue weighted by Gasteiger charge is 2.35. The Morgan fingerprint density at radius 1 is 1.23 bits per heavy atom. The predicted molar refractivity (Wildman–Crippen MR) is 102 cm³/mol. The van der Waals surface area contributed by atoms with Gasteiger partial charge < -0.3 is 19.7 Å². The van der Waals surface area contributed by atoms with Crippen LogP contribution in [-0.4, -0.2) is 54.7 Å². The highest BCUT2D eigenvalue weighted by atomic mass is 16.6. The number of ether oxygens (including phenoxy) is 1. The molecule has 2 fully saturated rings. The van der Waals surface area contributed by atoms with E-state index in [0.717, 1.165) is 51.5 Å². The van der Waals surface area contributed by atoms with Gasteiger partial charge in [0.25, 0.3) is 0 Å². The molecule has 3 atom stereocenters. The Hall–Kier alpha value is -0.690. The van der Waals surface area contributed by atoms with Crippen LogP contribution in [0.15, 0.2) is 0 Å². The second-order valence-corrected chi connectivity index (χ2v) is 8.23. The fourth-order valence-corrected chi connectivity index (χ4v) is 4.53. The molecule has 0 bridgehead atoms. The number of aliphatic hydroxyl groups is 1. The second kappa shape index (κ2) is 11.2. The zero-order valence-electron chi connectivity index (χ0n) is 16.5. The smallest absolute Gasteiger partial charge is 0.305 e. The highest BCUT2D eigenvalue weighted by molar-refractivity contribution is 5.68. The molecule has 1 saturated carbocycles. The first-order valence-corrected chi connectivity index (χ1v) is 10.6. The molecule has 26 heavy (non-hydrogen) atoms. The summed E-state index contributed by atoms with van der Waals surface area (Å²) in [6, 6.07) is 0.106. The first-order valence-electron chi connectivity index (χ1n) is 10.6. The number of hydrogen-bond donors (Lipinski definition) is 2. The van der Waals surface area contributed by atoms with Gasteiger partial charge in [0.15, 0.2) is 0 Å². The van der Waals surface area contributed by atoms with E-state index in [2.05, 4.69) is 10.1 Å². The standard InChI is InChI=1S/C20H38N2O4/c1-26-20(24)12-8-3-2-7-11-18-15-21-16-22(18,25)14-13-19(23)17-9-5-4-6-10-17/h17-19,21,23H,2-16H2,1H3. The maximum absolute atomic E-state index is 13.2. The number of methoxy groups -OCH3 is 1. The van der Waals surface area contributed by atoms with Gasteiger partial charge in [-0.05, 0) is 31.6 Å². The van der Waals surface area contributed by atoms with Crippen molar-refractivity contribution < 1.29 is 19.3 Å². The zero-order valence-corrected chi connectivity index (χ0v) is 16.5. The third-order valence-electron chi connectivity index (χ3n) is 6.32. The van der Waals surface area contributed by atoms with Crippen LogP contribution in [0.1, 0.15) is 77.0 Å². The summed E-state index contributed by atoms with van der Waals surface area (Å²) in [5, 5.41) is 26.9. The molecule has 1 aliphatic heterocycles. The molecule has 0 aromatic rings. The first kappa shape index (κ1) is 21.6. The lowest BCUT2D eigenvalue weighted by molar-refractivity contribution is -0.893. The normalized spacial score (nSPS) is 28.2. The quantitative estimate of drug-likeness (QED) is 0.253. The van der Waals surface area contributed by atoms with E-state index in [4.69, 9.17) is 0 Å². The lowest BCUT2D eigenvalue weighted by Crippen LogP contribution is -2.49. The number of quaternary nitrogens is 1. The zero-order chi connectivity index (χ0) is 18.8. The number of nitrogens with zero attached hydrogens (tertiary/aromatic N) is 1. The summed E-state index contributed by atoms with van der Waals surface area (Å²) in [5.74, 6) is 0.260. The molecule has 1 saturated heterocycles. The third kappa shape index (κ3) is 6.80. The SMILES string of the molecule is COC(=O)CCCCCCC1CNC[N+]1([O-])CCC(O)C1CCCCC1. The molecule has 1 heterocycles. The van der Waals surface area contributed by atoms with Gasteiger partial charge in [0, 0.05) is 19.3 Å². The third-order valence-corrected chi connectivity index (χ3v) is 6.32. The Morgan fingerprint density at radius 2 is 1.96 bits per heavy atom. The summed E-state index contributed by atoms with van der Waals surface area (Å²) in [7, 11) is 1.42. The molecule has 0 radical (unpaired) electrons. The molecule has 6 heteroatoms. The molecular weight excluding hydrogens is 332 g/mol. The molecule has 1 aliphatic carbocycles. The monoisotopic (exact) mass is 370 g/mol. The van der Waals surface area contributed by atoms with Crippen molar-refractivity contribution in [1.29, 1.82) is 0 Å². The van der Waals surface area contributed by atoms with Crippen LogP contribution in [0.3, 0.4) is 0 Å². The average molecular weight is 371 g/mol. The van der Waals surface area contributed by atoms with E-state index in [1.807, 2.05) is 0 Å². The maximum Gasteiger partial charge on any atom is 0.305 e. The van der Waals surface area contributed by atoms with Crippen molar-refractivity contribution >= 4 is 5.97 Å². The van der Waals surface area contributed by atoms with E-state index < -0.39 is 0 Å². The van der Waals surface area contributed by atoms with Crippen LogP contribution < -0.4 is 5.32 Å². The molecule has 6 nitrogen and oxygen atoms in total. The van der Waals surface area contributed by atoms with E-state index >= 15 is 0 Å². The van der Waals surface area contributed by atoms with Crippen molar-refractivity contribution in [1.82, 2.24) is 5.32 Å². The van der Waals surface area contributed by atoms with Crippen molar-refractivity contribution in [3.8, 4) is 0 Å². The molecule has 0 amide bonds. The molecule has 2 aliphatic rings. The van der Waals surface area contributed by atoms with Gasteiger partial charge >= 0.3 is 5.97 Å². The Balaban J connectivity index is 1.64. The van der Waals surface area contributed by atoms with E-state index in [-0.39, 0.29) is 22.8 Å². The van der Waals surface area contributed by atoms with E-state index in [1.165, 1.54) is 26.4 Å². The largest absolute Gasteiger partial charge is 0.632 e. The van der Waals surface area contributed by atoms with Crippen LogP contribution >= 0.6 is 0 Å². The Bertz CT molecular complexity index is 415. The number of aliphatic hydroxyl groups excluding tert-OH is 1. The van der Waals surface area contributed by atoms with Crippen molar-refractivity contribution in [2.24, 2.45) is 5.92 Å². The van der Waals surface area contributed by atoms with Gasteiger partial charge in [0.2, 0.25) is 0 Å². The molecule has 2 rings (SSSR count). The molecule has 0 spiro atoms. The minimum Gasteiger partial charge on any atom is -0.632 e. The summed E-state index contributed by atoms with van der Waals surface area (Å²) in [6.45, 7) is 1.78. The number of rotatable bonds is 11. The van der Waals surface area contributed by atoms with Crippen LogP contribution in [0.25, 0.3) is 0 Å². The second-order valence-electron chi connectivity index (χ2n) is 8.23. The molecular formula is C20H38N2O4. The maximum atomic E-state index is 13.2. The van der Waals surface area contributed by atoms with Crippen molar-refractivity contribution in [3.05, 3.63) is 5.21 Å². The Morgan fingerprint density at radius 3 is 2.69 bits per heavy atom. The van der Waals surface area contributed by atoms with Crippen molar-refractivity contribution in [2.45, 2.75) is 89.2 Å². The van der Waals surface area contributed by atoms with Gasteiger partial charge in [-0.25, -0.2) is 0 Å². The van der Waals surface area contributed by atoms with Gasteiger partial charge in [0.05, 0.1) is 26.3 Å². The van der Waals surface area contributed by atoms with Crippen LogP contribution in [0.2, 0.25) is 0 Å². The van der Waals surface area contributed by atoms with Crippen molar-refractivity contribution in [3.63, 3.8) is 0 Å². The molecule has 0 aromatic carbocycles. The number of carbonyl (C=O) groups excluding carboxylic acids is 1. The van der Waals surface area contributed by atoms with E-state index in [9.17, 15) is 15.1 Å². The Labute approximate surface area is 158 Å². The topological polar surface area (TPSA) is 81.6 Å². The van der Waals surface area contributed by atoms with Gasteiger partial charge in [-0.3, -0.25) is 10.1 Å². The average Bonchev–Trinajstić information content (AvgIpc) is 3.04. The van der Waals surface area contributed by atoms with Crippen molar-refractivity contribution in [2.75, 3.05) is 26.9 Å². The predicted octanol–water partition coefficient (Wildman–Crippen LogP) is 3.08. The fraction of sp³-hybridized carbons (Fsp3) is 0.950. The van der Waals surface area contributed by atoms with Gasteiger partial charge in [-0.15, -0.1) is 0 Å². The minimum absolute atomic E-state index is 0.106. The first-order chi connectivity index (χ1) is 12.5. The number of carbonyl (C=O) groups is 1. The fourth-order valence-electron chi connectivity index (χ4n) is 4.53. The minimum atomic E-state index is -0.307. The Kier molecular flexibility index (Phi) is 9.33. The molecule has 152 valence electrons. The summed E-state index contributed by atoms with van der Waals surface area (Å²) in [4.78, 5) is 11.1. The van der Waals surface area contributed by atoms with Gasteiger partial charge in [-0.2, -0.15) is 0 Å². The van der Waals surface area contributed by atoms with E-state index in [0.29, 0.717) is 32.0 Å². The van der Waals surface area contributed by atoms with Crippen LogP contribution in [0.5, 0.6) is 0 Å². The number of hydroxylamine groups is 3. The summed E-state index contributed by atoms with van der Waals surface area (Å²) >= 11 is 0. The number of hydrogen-bond acceptors (Lipinski definition) is 5. The molecule has 2 N–H and O–H groups in total. The van der Waals surface area contributed by atoms with Gasteiger partial charge in [-0.1, -0.05) is 32.1 Å². The summed E-state index contributed by atoms with van der Waals surface area (Å²) < 4.78 is 4.46. The lowest BCUT2D eigenvalue weighted by atomic mass is 9.84.